The van der Waals surface area contributed by atoms with Crippen molar-refractivity contribution in [1.82, 2.24) is 9.78 Å². The molecular formula is C17H15N3O. The van der Waals surface area contributed by atoms with E-state index >= 15 is 0 Å². The maximum absolute atomic E-state index is 6.14. The van der Waals surface area contributed by atoms with Crippen molar-refractivity contribution in [3.63, 3.8) is 0 Å². The Morgan fingerprint density at radius 1 is 1.10 bits per heavy atom. The summed E-state index contributed by atoms with van der Waals surface area (Å²) in [5.41, 5.74) is 10.3. The number of hydrogen-bond donors (Lipinski definition) is 1. The van der Waals surface area contributed by atoms with Crippen LogP contribution in [-0.2, 0) is 6.42 Å². The molecule has 104 valence electrons. The number of ether oxygens (including phenoxy) is 1. The van der Waals surface area contributed by atoms with E-state index in [4.69, 9.17) is 10.5 Å². The van der Waals surface area contributed by atoms with E-state index in [9.17, 15) is 0 Å². The van der Waals surface area contributed by atoms with Gasteiger partial charge in [0.05, 0.1) is 11.3 Å². The molecule has 0 unspecified atom stereocenters. The molecule has 1 aliphatic heterocycles. The number of nitrogens with zero attached hydrogens (tertiary/aromatic N) is 2. The highest BCUT2D eigenvalue weighted by Gasteiger charge is 2.26. The minimum atomic E-state index is 0.529. The predicted octanol–water partition coefficient (Wildman–Crippen LogP) is 3.46. The van der Waals surface area contributed by atoms with Gasteiger partial charge in [0.2, 0.25) is 5.88 Å². The Labute approximate surface area is 122 Å². The average molecular weight is 277 g/mol. The number of nitrogens with two attached hydrogens (primary N) is 1. The summed E-state index contributed by atoms with van der Waals surface area (Å²) < 4.78 is 7.91. The fraction of sp³-hybridized carbons (Fsp3) is 0.118. The van der Waals surface area contributed by atoms with Crippen molar-refractivity contribution in [2.24, 2.45) is 0 Å². The number of nitrogen functional groups attached to an aromatic ring is 1. The lowest BCUT2D eigenvalue weighted by Gasteiger charge is -2.20. The van der Waals surface area contributed by atoms with Crippen LogP contribution in [0, 0.1) is 6.92 Å². The van der Waals surface area contributed by atoms with E-state index in [2.05, 4.69) is 24.2 Å². The van der Waals surface area contributed by atoms with Crippen molar-refractivity contribution < 1.29 is 4.74 Å². The summed E-state index contributed by atoms with van der Waals surface area (Å²) in [6.45, 7) is 2.05. The van der Waals surface area contributed by atoms with Gasteiger partial charge in [-0.1, -0.05) is 36.4 Å². The highest BCUT2D eigenvalue weighted by Crippen LogP contribution is 2.41. The van der Waals surface area contributed by atoms with Gasteiger partial charge in [0, 0.05) is 6.42 Å². The van der Waals surface area contributed by atoms with Crippen LogP contribution in [0.4, 0.5) is 5.82 Å². The van der Waals surface area contributed by atoms with E-state index in [1.165, 1.54) is 0 Å². The van der Waals surface area contributed by atoms with Crippen LogP contribution in [0.25, 0.3) is 5.69 Å². The van der Waals surface area contributed by atoms with E-state index in [1.54, 1.807) is 4.68 Å². The Bertz CT molecular complexity index is 822. The molecule has 2 N–H and O–H groups in total. The second-order valence-electron chi connectivity index (χ2n) is 5.26. The molecule has 4 rings (SSSR count). The molecule has 2 aromatic carbocycles. The van der Waals surface area contributed by atoms with E-state index in [-0.39, 0.29) is 0 Å². The zero-order valence-electron chi connectivity index (χ0n) is 11.7. The fourth-order valence-electron chi connectivity index (χ4n) is 2.75. The number of benzene rings is 2. The van der Waals surface area contributed by atoms with E-state index < -0.39 is 0 Å². The van der Waals surface area contributed by atoms with E-state index in [1.807, 2.05) is 36.4 Å². The lowest BCUT2D eigenvalue weighted by molar-refractivity contribution is 0.423. The first-order chi connectivity index (χ1) is 10.2. The molecule has 4 heteroatoms. The topological polar surface area (TPSA) is 53.1 Å². The first-order valence-electron chi connectivity index (χ1n) is 6.93. The molecule has 4 nitrogen and oxygen atoms in total. The number of para-hydroxylation sites is 2. The Morgan fingerprint density at radius 3 is 2.71 bits per heavy atom. The second-order valence-corrected chi connectivity index (χ2v) is 5.26. The van der Waals surface area contributed by atoms with Crippen molar-refractivity contribution in [2.45, 2.75) is 13.3 Å². The second kappa shape index (κ2) is 4.38. The van der Waals surface area contributed by atoms with Gasteiger partial charge in [-0.3, -0.25) is 0 Å². The van der Waals surface area contributed by atoms with E-state index in [0.717, 1.165) is 40.4 Å². The van der Waals surface area contributed by atoms with Crippen LogP contribution in [0.3, 0.4) is 0 Å². The number of aryl methyl sites for hydroxylation is 1. The van der Waals surface area contributed by atoms with Crippen molar-refractivity contribution in [3.8, 4) is 17.3 Å². The highest BCUT2D eigenvalue weighted by atomic mass is 16.5. The molecule has 0 saturated carbocycles. The van der Waals surface area contributed by atoms with Crippen LogP contribution in [0.5, 0.6) is 11.6 Å². The molecule has 3 aromatic rings. The highest BCUT2D eigenvalue weighted by molar-refractivity contribution is 5.59. The molecule has 0 amide bonds. The molecule has 0 radical (unpaired) electrons. The van der Waals surface area contributed by atoms with Gasteiger partial charge in [0.25, 0.3) is 0 Å². The van der Waals surface area contributed by atoms with Crippen molar-refractivity contribution >= 4 is 5.82 Å². The molecule has 0 fully saturated rings. The molecule has 1 aliphatic rings. The Kier molecular flexibility index (Phi) is 2.51. The fourth-order valence-corrected chi connectivity index (χ4v) is 2.75. The summed E-state index contributed by atoms with van der Waals surface area (Å²) >= 11 is 0. The molecule has 0 atom stereocenters. The largest absolute Gasteiger partial charge is 0.438 e. The molecule has 0 bridgehead atoms. The van der Waals surface area contributed by atoms with Gasteiger partial charge in [-0.15, -0.1) is 5.10 Å². The molecule has 0 saturated heterocycles. The average Bonchev–Trinajstić information content (AvgIpc) is 2.84. The molecule has 21 heavy (non-hydrogen) atoms. The standard InChI is InChI=1S/C17H15N3O/c1-11-6-5-7-12-10-14-16(18)19-20(17(14)21-15(11)12)13-8-3-2-4-9-13/h2-9H,10H2,1H3,(H2,18,19). The first-order valence-corrected chi connectivity index (χ1v) is 6.93. The van der Waals surface area contributed by atoms with Gasteiger partial charge in [-0.2, -0.15) is 4.68 Å². The monoisotopic (exact) mass is 277 g/mol. The Hall–Kier alpha value is -2.75. The number of rotatable bonds is 1. The van der Waals surface area contributed by atoms with Crippen LogP contribution in [0.15, 0.2) is 48.5 Å². The lowest BCUT2D eigenvalue weighted by atomic mass is 10.0. The van der Waals surface area contributed by atoms with Crippen molar-refractivity contribution in [2.75, 3.05) is 5.73 Å². The third kappa shape index (κ3) is 1.80. The van der Waals surface area contributed by atoms with Gasteiger partial charge >= 0.3 is 0 Å². The zero-order chi connectivity index (χ0) is 14.4. The first kappa shape index (κ1) is 12.0. The van der Waals surface area contributed by atoms with Crippen molar-refractivity contribution in [1.29, 1.82) is 0 Å². The van der Waals surface area contributed by atoms with Crippen LogP contribution in [0.1, 0.15) is 16.7 Å². The van der Waals surface area contributed by atoms with Gasteiger partial charge < -0.3 is 10.5 Å². The normalized spacial score (nSPS) is 12.4. The SMILES string of the molecule is Cc1cccc2c1Oc1c(c(N)nn1-c1ccccc1)C2. The summed E-state index contributed by atoms with van der Waals surface area (Å²) in [4.78, 5) is 0. The number of anilines is 1. The minimum Gasteiger partial charge on any atom is -0.438 e. The smallest absolute Gasteiger partial charge is 0.228 e. The van der Waals surface area contributed by atoms with Gasteiger partial charge in [0.1, 0.15) is 5.75 Å². The summed E-state index contributed by atoms with van der Waals surface area (Å²) in [5.74, 6) is 2.17. The predicted molar refractivity (Wildman–Crippen MR) is 82.0 cm³/mol. The lowest BCUT2D eigenvalue weighted by Crippen LogP contribution is -2.07. The van der Waals surface area contributed by atoms with Crippen LogP contribution < -0.4 is 10.5 Å². The molecular weight excluding hydrogens is 262 g/mol. The van der Waals surface area contributed by atoms with Crippen LogP contribution in [0.2, 0.25) is 0 Å². The minimum absolute atomic E-state index is 0.529. The summed E-state index contributed by atoms with van der Waals surface area (Å²) in [6.07, 6.45) is 0.755. The number of aromatic nitrogens is 2. The van der Waals surface area contributed by atoms with Crippen LogP contribution in [-0.4, -0.2) is 9.78 Å². The number of hydrogen-bond acceptors (Lipinski definition) is 3. The van der Waals surface area contributed by atoms with Crippen molar-refractivity contribution in [3.05, 3.63) is 65.2 Å². The van der Waals surface area contributed by atoms with Gasteiger partial charge in [-0.05, 0) is 30.2 Å². The maximum Gasteiger partial charge on any atom is 0.228 e. The quantitative estimate of drug-likeness (QED) is 0.579. The Morgan fingerprint density at radius 2 is 1.90 bits per heavy atom. The van der Waals surface area contributed by atoms with Gasteiger partial charge in [0.15, 0.2) is 5.82 Å². The van der Waals surface area contributed by atoms with E-state index in [0.29, 0.717) is 5.82 Å². The maximum atomic E-state index is 6.14. The summed E-state index contributed by atoms with van der Waals surface area (Å²) in [7, 11) is 0. The third-order valence-corrected chi connectivity index (χ3v) is 3.83. The molecule has 1 aromatic heterocycles. The number of fused-ring (bicyclic) bond motifs is 2. The molecule has 2 heterocycles. The third-order valence-electron chi connectivity index (χ3n) is 3.83. The van der Waals surface area contributed by atoms with Crippen LogP contribution >= 0.6 is 0 Å². The Balaban J connectivity index is 1.89. The summed E-state index contributed by atoms with van der Waals surface area (Å²) in [5, 5.41) is 4.44. The molecule has 0 spiro atoms. The molecule has 0 aliphatic carbocycles. The van der Waals surface area contributed by atoms with Gasteiger partial charge in [-0.25, -0.2) is 0 Å². The zero-order valence-corrected chi connectivity index (χ0v) is 11.7. The summed E-state index contributed by atoms with van der Waals surface area (Å²) in [6, 6.07) is 16.1.